The van der Waals surface area contributed by atoms with Crippen LogP contribution in [0.2, 0.25) is 0 Å². The van der Waals surface area contributed by atoms with E-state index in [-0.39, 0.29) is 18.6 Å². The highest BCUT2D eigenvalue weighted by Crippen LogP contribution is 2.19. The van der Waals surface area contributed by atoms with Crippen molar-refractivity contribution in [2.24, 2.45) is 5.84 Å². The van der Waals surface area contributed by atoms with Crippen LogP contribution in [0.3, 0.4) is 0 Å². The first kappa shape index (κ1) is 11.8. The summed E-state index contributed by atoms with van der Waals surface area (Å²) >= 11 is 0. The molecule has 92 valence electrons. The first-order chi connectivity index (χ1) is 8.26. The average Bonchev–Trinajstić information content (AvgIpc) is 2.86. The molecule has 0 aromatic carbocycles. The normalized spacial score (nSPS) is 19.4. The predicted molar refractivity (Wildman–Crippen MR) is 63.2 cm³/mol. The maximum absolute atomic E-state index is 12.2. The molecule has 1 aromatic rings. The van der Waals surface area contributed by atoms with Crippen LogP contribution >= 0.6 is 0 Å². The Kier molecular flexibility index (Phi) is 3.55. The third kappa shape index (κ3) is 2.37. The number of hydrogen-bond acceptors (Lipinski definition) is 5. The Labute approximate surface area is 99.4 Å². The summed E-state index contributed by atoms with van der Waals surface area (Å²) in [5.74, 6) is 5.13. The maximum Gasteiger partial charge on any atom is 0.272 e. The number of nitrogens with two attached hydrogens (primary N) is 1. The number of aliphatic hydroxyl groups excluding tert-OH is 1. The average molecular weight is 236 g/mol. The van der Waals surface area contributed by atoms with Crippen molar-refractivity contribution in [3.05, 3.63) is 24.0 Å². The summed E-state index contributed by atoms with van der Waals surface area (Å²) in [5.41, 5.74) is 3.47. The number of nitrogens with one attached hydrogen (secondary N) is 1. The maximum atomic E-state index is 12.2. The molecule has 1 fully saturated rings. The zero-order valence-electron chi connectivity index (χ0n) is 9.47. The number of carbonyl (C=O) groups is 1. The highest BCUT2D eigenvalue weighted by Gasteiger charge is 2.29. The molecule has 17 heavy (non-hydrogen) atoms. The Balaban J connectivity index is 2.18. The number of pyridine rings is 1. The summed E-state index contributed by atoms with van der Waals surface area (Å²) in [6.07, 6.45) is 3.30. The van der Waals surface area contributed by atoms with Crippen molar-refractivity contribution in [3.63, 3.8) is 0 Å². The summed E-state index contributed by atoms with van der Waals surface area (Å²) < 4.78 is 0. The molecule has 0 spiro atoms. The van der Waals surface area contributed by atoms with Gasteiger partial charge in [-0.05, 0) is 25.0 Å². The number of carbonyl (C=O) groups excluding carboxylic acids is 1. The van der Waals surface area contributed by atoms with Gasteiger partial charge in [0.25, 0.3) is 5.91 Å². The van der Waals surface area contributed by atoms with Gasteiger partial charge in [-0.25, -0.2) is 0 Å². The minimum absolute atomic E-state index is 0.000565. The predicted octanol–water partition coefficient (Wildman–Crippen LogP) is -0.0359. The lowest BCUT2D eigenvalue weighted by Crippen LogP contribution is -2.38. The number of amides is 1. The van der Waals surface area contributed by atoms with Crippen molar-refractivity contribution in [1.82, 2.24) is 9.88 Å². The van der Waals surface area contributed by atoms with Crippen LogP contribution in [0.25, 0.3) is 0 Å². The van der Waals surface area contributed by atoms with Crippen LogP contribution in [0.15, 0.2) is 18.3 Å². The van der Waals surface area contributed by atoms with Gasteiger partial charge in [-0.1, -0.05) is 0 Å². The third-order valence-corrected chi connectivity index (χ3v) is 2.99. The van der Waals surface area contributed by atoms with Gasteiger partial charge in [0.15, 0.2) is 0 Å². The molecule has 1 amide bonds. The second kappa shape index (κ2) is 5.11. The minimum Gasteiger partial charge on any atom is -0.394 e. The lowest BCUT2D eigenvalue weighted by molar-refractivity contribution is 0.0672. The zero-order chi connectivity index (χ0) is 12.3. The van der Waals surface area contributed by atoms with Gasteiger partial charge in [0.1, 0.15) is 5.69 Å². The molecule has 2 heterocycles. The number of rotatable bonds is 3. The number of anilines is 1. The fourth-order valence-electron chi connectivity index (χ4n) is 2.08. The Bertz CT molecular complexity index is 410. The Morgan fingerprint density at radius 2 is 2.53 bits per heavy atom. The van der Waals surface area contributed by atoms with Gasteiger partial charge >= 0.3 is 0 Å². The molecule has 6 heteroatoms. The van der Waals surface area contributed by atoms with E-state index in [1.807, 2.05) is 0 Å². The van der Waals surface area contributed by atoms with Crippen molar-refractivity contribution in [1.29, 1.82) is 0 Å². The zero-order valence-corrected chi connectivity index (χ0v) is 9.47. The second-order valence-corrected chi connectivity index (χ2v) is 4.05. The molecule has 4 N–H and O–H groups in total. The fraction of sp³-hybridized carbons (Fsp3) is 0.455. The molecule has 0 bridgehead atoms. The van der Waals surface area contributed by atoms with E-state index in [1.54, 1.807) is 17.0 Å². The SMILES string of the molecule is NNc1ccnc(C(=O)N2CCCC2CO)c1. The van der Waals surface area contributed by atoms with Gasteiger partial charge in [-0.15, -0.1) is 0 Å². The van der Waals surface area contributed by atoms with Crippen molar-refractivity contribution in [2.45, 2.75) is 18.9 Å². The lowest BCUT2D eigenvalue weighted by atomic mass is 10.2. The van der Waals surface area contributed by atoms with E-state index in [2.05, 4.69) is 10.4 Å². The molecule has 6 nitrogen and oxygen atoms in total. The molecular weight excluding hydrogens is 220 g/mol. The highest BCUT2D eigenvalue weighted by atomic mass is 16.3. The number of hydrazine groups is 1. The van der Waals surface area contributed by atoms with Crippen molar-refractivity contribution < 1.29 is 9.90 Å². The number of likely N-dealkylation sites (tertiary alicyclic amines) is 1. The molecule has 1 aromatic heterocycles. The number of nitrogens with zero attached hydrogens (tertiary/aromatic N) is 2. The first-order valence-electron chi connectivity index (χ1n) is 5.60. The third-order valence-electron chi connectivity index (χ3n) is 2.99. The minimum atomic E-state index is -0.154. The number of nitrogen functional groups attached to an aromatic ring is 1. The van der Waals surface area contributed by atoms with E-state index in [0.29, 0.717) is 17.9 Å². The van der Waals surface area contributed by atoms with Gasteiger partial charge < -0.3 is 15.4 Å². The van der Waals surface area contributed by atoms with E-state index < -0.39 is 0 Å². The van der Waals surface area contributed by atoms with Crippen LogP contribution in [0, 0.1) is 0 Å². The molecule has 1 aliphatic rings. The molecule has 0 radical (unpaired) electrons. The Morgan fingerprint density at radius 3 is 3.24 bits per heavy atom. The summed E-state index contributed by atoms with van der Waals surface area (Å²) in [7, 11) is 0. The van der Waals surface area contributed by atoms with Crippen molar-refractivity contribution in [3.8, 4) is 0 Å². The van der Waals surface area contributed by atoms with Gasteiger partial charge in [0, 0.05) is 12.7 Å². The van der Waals surface area contributed by atoms with Gasteiger partial charge in [-0.2, -0.15) is 0 Å². The number of hydrogen-bond donors (Lipinski definition) is 3. The van der Waals surface area contributed by atoms with Crippen LogP contribution in [0.4, 0.5) is 5.69 Å². The van der Waals surface area contributed by atoms with Crippen LogP contribution in [0.5, 0.6) is 0 Å². The first-order valence-corrected chi connectivity index (χ1v) is 5.60. The Morgan fingerprint density at radius 1 is 1.71 bits per heavy atom. The molecule has 1 atom stereocenters. The molecule has 0 saturated carbocycles. The standard InChI is InChI=1S/C11H16N4O2/c12-14-8-3-4-13-10(6-8)11(17)15-5-1-2-9(15)7-16/h3-4,6,9,16H,1-2,5,7,12H2,(H,13,14). The van der Waals surface area contributed by atoms with Crippen LogP contribution in [0.1, 0.15) is 23.3 Å². The largest absolute Gasteiger partial charge is 0.394 e. The van der Waals surface area contributed by atoms with Crippen LogP contribution < -0.4 is 11.3 Å². The van der Waals surface area contributed by atoms with E-state index in [0.717, 1.165) is 12.8 Å². The van der Waals surface area contributed by atoms with Crippen LogP contribution in [-0.2, 0) is 0 Å². The van der Waals surface area contributed by atoms with Crippen molar-refractivity contribution in [2.75, 3.05) is 18.6 Å². The molecule has 1 aliphatic heterocycles. The molecular formula is C11H16N4O2. The summed E-state index contributed by atoms with van der Waals surface area (Å²) in [4.78, 5) is 17.9. The topological polar surface area (TPSA) is 91.5 Å². The van der Waals surface area contributed by atoms with Gasteiger partial charge in [0.2, 0.25) is 0 Å². The quantitative estimate of drug-likeness (QED) is 0.506. The Hall–Kier alpha value is -1.66. The molecule has 1 saturated heterocycles. The number of aliphatic hydroxyl groups is 1. The van der Waals surface area contributed by atoms with E-state index in [1.165, 1.54) is 6.20 Å². The summed E-state index contributed by atoms with van der Waals surface area (Å²) in [6, 6.07) is 3.21. The summed E-state index contributed by atoms with van der Waals surface area (Å²) in [5, 5.41) is 9.19. The van der Waals surface area contributed by atoms with Crippen molar-refractivity contribution >= 4 is 11.6 Å². The van der Waals surface area contributed by atoms with E-state index in [9.17, 15) is 9.90 Å². The molecule has 2 rings (SSSR count). The van der Waals surface area contributed by atoms with Gasteiger partial charge in [0.05, 0.1) is 18.3 Å². The number of aromatic nitrogens is 1. The lowest BCUT2D eigenvalue weighted by Gasteiger charge is -2.22. The highest BCUT2D eigenvalue weighted by molar-refractivity contribution is 5.93. The van der Waals surface area contributed by atoms with Gasteiger partial charge in [-0.3, -0.25) is 15.6 Å². The molecule has 1 unspecified atom stereocenters. The smallest absolute Gasteiger partial charge is 0.272 e. The van der Waals surface area contributed by atoms with E-state index >= 15 is 0 Å². The second-order valence-electron chi connectivity index (χ2n) is 4.05. The molecule has 0 aliphatic carbocycles. The summed E-state index contributed by atoms with van der Waals surface area (Å²) in [6.45, 7) is 0.673. The fourth-order valence-corrected chi connectivity index (χ4v) is 2.08. The van der Waals surface area contributed by atoms with E-state index in [4.69, 9.17) is 5.84 Å². The monoisotopic (exact) mass is 236 g/mol. The van der Waals surface area contributed by atoms with Crippen LogP contribution in [-0.4, -0.2) is 40.1 Å².